The van der Waals surface area contributed by atoms with E-state index in [0.717, 1.165) is 25.7 Å². The van der Waals surface area contributed by atoms with Crippen molar-refractivity contribution in [3.63, 3.8) is 0 Å². The molecule has 0 N–H and O–H groups in total. The first kappa shape index (κ1) is 16.7. The second-order valence-electron chi connectivity index (χ2n) is 5.36. The summed E-state index contributed by atoms with van der Waals surface area (Å²) in [6.45, 7) is 7.43. The van der Waals surface area contributed by atoms with Crippen molar-refractivity contribution in [2.24, 2.45) is 5.11 Å². The third-order valence-corrected chi connectivity index (χ3v) is 3.57. The van der Waals surface area contributed by atoms with Crippen LogP contribution in [0.5, 0.6) is 0 Å². The van der Waals surface area contributed by atoms with E-state index in [1.165, 1.54) is 11.1 Å². The summed E-state index contributed by atoms with van der Waals surface area (Å²) in [5.74, 6) is 0. The summed E-state index contributed by atoms with van der Waals surface area (Å²) in [7, 11) is 0. The molecule has 23 heavy (non-hydrogen) atoms. The Labute approximate surface area is 137 Å². The van der Waals surface area contributed by atoms with Crippen molar-refractivity contribution in [3.05, 3.63) is 90.2 Å². The molecule has 0 saturated carbocycles. The number of aryl methyl sites for hydroxylation is 2. The van der Waals surface area contributed by atoms with Crippen molar-refractivity contribution in [2.45, 2.75) is 25.7 Å². The molecule has 3 nitrogen and oxygen atoms in total. The minimum absolute atomic E-state index is 0.531. The summed E-state index contributed by atoms with van der Waals surface area (Å²) in [5, 5.41) is 16.2. The van der Waals surface area contributed by atoms with Gasteiger partial charge in [-0.05, 0) is 48.9 Å². The number of rotatable bonds is 8. The minimum Gasteiger partial charge on any atom is -0.594 e. The molecule has 0 saturated heterocycles. The van der Waals surface area contributed by atoms with Gasteiger partial charge in [0, 0.05) is 17.2 Å². The predicted molar refractivity (Wildman–Crippen MR) is 95.3 cm³/mol. The lowest BCUT2D eigenvalue weighted by Gasteiger charge is -2.02. The topological polar surface area (TPSA) is 38.4 Å². The van der Waals surface area contributed by atoms with Crippen LogP contribution >= 0.6 is 0 Å². The van der Waals surface area contributed by atoms with E-state index in [4.69, 9.17) is 0 Å². The number of hydrogen-bond acceptors (Lipinski definition) is 2. The van der Waals surface area contributed by atoms with Gasteiger partial charge in [-0.3, -0.25) is 0 Å². The van der Waals surface area contributed by atoms with Crippen molar-refractivity contribution in [3.8, 4) is 0 Å². The Balaban J connectivity index is 2.06. The molecule has 2 aromatic rings. The van der Waals surface area contributed by atoms with Crippen LogP contribution in [0.1, 0.15) is 24.0 Å². The van der Waals surface area contributed by atoms with Gasteiger partial charge in [-0.25, -0.2) is 0 Å². The molecule has 0 aliphatic rings. The second-order valence-corrected chi connectivity index (χ2v) is 5.36. The van der Waals surface area contributed by atoms with E-state index in [2.05, 4.69) is 18.3 Å². The zero-order valence-corrected chi connectivity index (χ0v) is 13.3. The molecule has 0 aromatic heterocycles. The van der Waals surface area contributed by atoms with Crippen LogP contribution in [0.25, 0.3) is 0 Å². The number of benzene rings is 2. The molecule has 0 aliphatic carbocycles. The Bertz CT molecular complexity index is 670. The van der Waals surface area contributed by atoms with E-state index in [1.54, 1.807) is 12.1 Å². The van der Waals surface area contributed by atoms with Gasteiger partial charge in [-0.2, -0.15) is 0 Å². The van der Waals surface area contributed by atoms with Crippen LogP contribution < -0.4 is 0 Å². The van der Waals surface area contributed by atoms with Gasteiger partial charge in [0.1, 0.15) is 5.69 Å². The fraction of sp³-hybridized carbons (Fsp3) is 0.200. The summed E-state index contributed by atoms with van der Waals surface area (Å²) in [6.07, 6.45) is 7.56. The third-order valence-electron chi connectivity index (χ3n) is 3.57. The minimum atomic E-state index is 0.531. The quantitative estimate of drug-likeness (QED) is 0.261. The van der Waals surface area contributed by atoms with E-state index >= 15 is 0 Å². The van der Waals surface area contributed by atoms with Crippen molar-refractivity contribution in [1.29, 1.82) is 0 Å². The summed E-state index contributed by atoms with van der Waals surface area (Å²) >= 11 is 0. The van der Waals surface area contributed by atoms with Gasteiger partial charge in [0.2, 0.25) is 5.69 Å². The molecule has 0 heterocycles. The highest BCUT2D eigenvalue weighted by Crippen LogP contribution is 2.19. The first-order chi connectivity index (χ1) is 11.2. The van der Waals surface area contributed by atoms with Crippen molar-refractivity contribution in [2.75, 3.05) is 0 Å². The Morgan fingerprint density at radius 1 is 0.826 bits per heavy atom. The van der Waals surface area contributed by atoms with Gasteiger partial charge >= 0.3 is 0 Å². The smallest absolute Gasteiger partial charge is 0.244 e. The van der Waals surface area contributed by atoms with Crippen molar-refractivity contribution in [1.82, 2.24) is 0 Å². The lowest BCUT2D eigenvalue weighted by molar-refractivity contribution is -0.435. The molecule has 3 heteroatoms. The first-order valence-electron chi connectivity index (χ1n) is 7.81. The summed E-state index contributed by atoms with van der Waals surface area (Å²) in [6, 6.07) is 15.2. The van der Waals surface area contributed by atoms with Gasteiger partial charge in [0.15, 0.2) is 0 Å². The van der Waals surface area contributed by atoms with Crippen molar-refractivity contribution < 1.29 is 4.86 Å². The lowest BCUT2D eigenvalue weighted by atomic mass is 10.1. The molecular weight excluding hydrogens is 284 g/mol. The monoisotopic (exact) mass is 306 g/mol. The number of allylic oxidation sites excluding steroid dienone is 2. The summed E-state index contributed by atoms with van der Waals surface area (Å²) in [5.41, 5.74) is 3.59. The van der Waals surface area contributed by atoms with Gasteiger partial charge in [0.25, 0.3) is 0 Å². The highest BCUT2D eigenvalue weighted by atomic mass is 16.5. The Morgan fingerprint density at radius 3 is 1.78 bits per heavy atom. The molecule has 2 aromatic carbocycles. The highest BCUT2D eigenvalue weighted by molar-refractivity contribution is 5.38. The van der Waals surface area contributed by atoms with Crippen LogP contribution in [0.4, 0.5) is 11.4 Å². The predicted octanol–water partition coefficient (Wildman–Crippen LogP) is 5.85. The maximum atomic E-state index is 12.1. The third kappa shape index (κ3) is 5.22. The van der Waals surface area contributed by atoms with Crippen LogP contribution in [0.15, 0.2) is 79.0 Å². The fourth-order valence-corrected chi connectivity index (χ4v) is 2.22. The Kier molecular flexibility index (Phi) is 6.30. The molecule has 0 bridgehead atoms. The average molecular weight is 306 g/mol. The summed E-state index contributed by atoms with van der Waals surface area (Å²) in [4.78, 5) is 0.663. The fourth-order valence-electron chi connectivity index (χ4n) is 2.22. The number of hydrogen-bond donors (Lipinski definition) is 0. The van der Waals surface area contributed by atoms with Crippen LogP contribution in [0.3, 0.4) is 0 Å². The molecule has 0 fully saturated rings. The van der Waals surface area contributed by atoms with E-state index in [1.807, 2.05) is 48.6 Å². The molecular formula is C20H22N2O. The van der Waals surface area contributed by atoms with Gasteiger partial charge in [-0.15, -0.1) is 13.2 Å². The first-order valence-corrected chi connectivity index (χ1v) is 7.81. The molecule has 2 rings (SSSR count). The van der Waals surface area contributed by atoms with E-state index < -0.39 is 0 Å². The molecule has 0 amide bonds. The zero-order valence-electron chi connectivity index (χ0n) is 13.3. The van der Waals surface area contributed by atoms with Gasteiger partial charge in [0.05, 0.1) is 0 Å². The van der Waals surface area contributed by atoms with Gasteiger partial charge in [-0.1, -0.05) is 41.3 Å². The molecule has 0 aliphatic heterocycles. The normalized spacial score (nSPS) is 11.2. The maximum Gasteiger partial charge on any atom is 0.244 e. The van der Waals surface area contributed by atoms with Crippen LogP contribution in [-0.4, -0.2) is 4.86 Å². The van der Waals surface area contributed by atoms with E-state index in [0.29, 0.717) is 16.2 Å². The van der Waals surface area contributed by atoms with Crippen LogP contribution in [0, 0.1) is 5.21 Å². The molecule has 0 unspecified atom stereocenters. The number of nitrogens with zero attached hydrogens (tertiary/aromatic N) is 2. The van der Waals surface area contributed by atoms with Crippen LogP contribution in [-0.2, 0) is 12.8 Å². The molecule has 118 valence electrons. The van der Waals surface area contributed by atoms with E-state index in [9.17, 15) is 5.21 Å². The Morgan fingerprint density at radius 2 is 1.30 bits per heavy atom. The zero-order chi connectivity index (χ0) is 16.5. The second kappa shape index (κ2) is 8.69. The molecule has 0 spiro atoms. The summed E-state index contributed by atoms with van der Waals surface area (Å²) < 4.78 is 0. The van der Waals surface area contributed by atoms with E-state index in [-0.39, 0.29) is 0 Å². The molecule has 0 radical (unpaired) electrons. The number of azo groups is 1. The maximum absolute atomic E-state index is 12.1. The standard InChI is InChI=1S/C20H22N2O/c1-3-5-7-17-9-13-19(14-10-17)21-22(23)20-15-11-18(12-16-20)8-6-4-2/h3-4,9-16H,1-2,5-8H2. The lowest BCUT2D eigenvalue weighted by Crippen LogP contribution is -1.91. The SMILES string of the molecule is C=CCCc1ccc(N=[N+]([O-])c2ccc(CCC=C)cc2)cc1. The highest BCUT2D eigenvalue weighted by Gasteiger charge is 2.04. The van der Waals surface area contributed by atoms with Crippen molar-refractivity contribution >= 4 is 11.4 Å². The molecule has 0 atom stereocenters. The van der Waals surface area contributed by atoms with Crippen LogP contribution in [0.2, 0.25) is 0 Å². The average Bonchev–Trinajstić information content (AvgIpc) is 2.59. The Hall–Kier alpha value is -2.68. The van der Waals surface area contributed by atoms with Gasteiger partial charge < -0.3 is 5.21 Å². The largest absolute Gasteiger partial charge is 0.594 e.